The average Bonchev–Trinajstić information content (AvgIpc) is 2.78. The first-order valence-corrected chi connectivity index (χ1v) is 6.82. The van der Waals surface area contributed by atoms with Crippen LogP contribution in [0.1, 0.15) is 30.3 Å². The Balaban J connectivity index is 2.00. The first kappa shape index (κ1) is 14.4. The van der Waals surface area contributed by atoms with E-state index in [2.05, 4.69) is 5.10 Å². The molecule has 0 saturated heterocycles. The Morgan fingerprint density at radius 1 is 1.41 bits per heavy atom. The van der Waals surface area contributed by atoms with E-state index in [9.17, 15) is 23.5 Å². The molecule has 0 radical (unpaired) electrons. The Labute approximate surface area is 123 Å². The summed E-state index contributed by atoms with van der Waals surface area (Å²) >= 11 is 0. The van der Waals surface area contributed by atoms with Crippen LogP contribution in [-0.4, -0.2) is 25.4 Å². The van der Waals surface area contributed by atoms with Crippen LogP contribution in [0.4, 0.5) is 8.78 Å². The summed E-state index contributed by atoms with van der Waals surface area (Å²) in [4.78, 5) is 23.5. The Hall–Kier alpha value is -2.51. The number of rotatable bonds is 3. The van der Waals surface area contributed by atoms with Crippen LogP contribution in [0.5, 0.6) is 0 Å². The predicted octanol–water partition coefficient (Wildman–Crippen LogP) is 1.33. The van der Waals surface area contributed by atoms with Crippen molar-refractivity contribution in [2.75, 3.05) is 0 Å². The summed E-state index contributed by atoms with van der Waals surface area (Å²) in [5.74, 6) is -2.18. The van der Waals surface area contributed by atoms with Crippen molar-refractivity contribution in [1.82, 2.24) is 14.3 Å². The SMILES string of the molecule is O=C(O)C1CCCc2nn(Cc3ccc(F)cc3F)c(=O)n21. The molecule has 116 valence electrons. The van der Waals surface area contributed by atoms with Crippen LogP contribution in [0.3, 0.4) is 0 Å². The number of fused-ring (bicyclic) bond motifs is 1. The largest absolute Gasteiger partial charge is 0.480 e. The topological polar surface area (TPSA) is 77.1 Å². The van der Waals surface area contributed by atoms with E-state index < -0.39 is 29.3 Å². The van der Waals surface area contributed by atoms with Gasteiger partial charge in [-0.25, -0.2) is 23.1 Å². The molecule has 1 aliphatic rings. The van der Waals surface area contributed by atoms with E-state index in [1.165, 1.54) is 6.07 Å². The maximum absolute atomic E-state index is 13.7. The van der Waals surface area contributed by atoms with E-state index in [4.69, 9.17) is 0 Å². The first-order valence-electron chi connectivity index (χ1n) is 6.82. The fourth-order valence-electron chi connectivity index (χ4n) is 2.68. The molecule has 2 aromatic rings. The third-order valence-electron chi connectivity index (χ3n) is 3.75. The Bertz CT molecular complexity index is 797. The Morgan fingerprint density at radius 2 is 2.18 bits per heavy atom. The molecule has 3 rings (SSSR count). The third kappa shape index (κ3) is 2.40. The molecule has 0 amide bonds. The summed E-state index contributed by atoms with van der Waals surface area (Å²) in [5.41, 5.74) is -0.475. The fourth-order valence-corrected chi connectivity index (χ4v) is 2.68. The zero-order chi connectivity index (χ0) is 15.9. The lowest BCUT2D eigenvalue weighted by Gasteiger charge is -2.19. The molecule has 2 heterocycles. The fraction of sp³-hybridized carbons (Fsp3) is 0.357. The van der Waals surface area contributed by atoms with Crippen LogP contribution in [0.25, 0.3) is 0 Å². The van der Waals surface area contributed by atoms with Crippen molar-refractivity contribution in [3.63, 3.8) is 0 Å². The standard InChI is InChI=1S/C14H13F2N3O3/c15-9-5-4-8(10(16)6-9)7-18-14(22)19-11(13(20)21)2-1-3-12(19)17-18/h4-6,11H,1-3,7H2,(H,20,21). The summed E-state index contributed by atoms with van der Waals surface area (Å²) in [5, 5.41) is 13.3. The number of aliphatic carboxylic acids is 1. The van der Waals surface area contributed by atoms with E-state index in [1.807, 2.05) is 0 Å². The van der Waals surface area contributed by atoms with Gasteiger partial charge in [-0.15, -0.1) is 0 Å². The Morgan fingerprint density at radius 3 is 2.86 bits per heavy atom. The van der Waals surface area contributed by atoms with Gasteiger partial charge in [0.1, 0.15) is 23.5 Å². The van der Waals surface area contributed by atoms with Crippen LogP contribution >= 0.6 is 0 Å². The molecular formula is C14H13F2N3O3. The summed E-state index contributed by atoms with van der Waals surface area (Å²) in [6.07, 6.45) is 1.48. The lowest BCUT2D eigenvalue weighted by Crippen LogP contribution is -2.34. The Kier molecular flexibility index (Phi) is 3.51. The van der Waals surface area contributed by atoms with Crippen molar-refractivity contribution in [2.45, 2.75) is 31.8 Å². The number of benzene rings is 1. The maximum Gasteiger partial charge on any atom is 0.347 e. The van der Waals surface area contributed by atoms with Crippen molar-refractivity contribution in [3.05, 3.63) is 51.7 Å². The molecule has 1 atom stereocenters. The summed E-state index contributed by atoms with van der Waals surface area (Å²) in [6.45, 7) is -0.169. The van der Waals surface area contributed by atoms with E-state index in [0.29, 0.717) is 25.1 Å². The second-order valence-electron chi connectivity index (χ2n) is 5.21. The number of carboxylic acid groups (broad SMARTS) is 1. The van der Waals surface area contributed by atoms with Crippen molar-refractivity contribution in [2.24, 2.45) is 0 Å². The van der Waals surface area contributed by atoms with Gasteiger partial charge in [-0.3, -0.25) is 4.57 Å². The lowest BCUT2D eigenvalue weighted by atomic mass is 10.1. The third-order valence-corrected chi connectivity index (χ3v) is 3.75. The number of aromatic nitrogens is 3. The van der Waals surface area contributed by atoms with E-state index in [0.717, 1.165) is 21.4 Å². The minimum Gasteiger partial charge on any atom is -0.480 e. The number of carbonyl (C=O) groups is 1. The first-order chi connectivity index (χ1) is 10.5. The highest BCUT2D eigenvalue weighted by molar-refractivity contribution is 5.72. The van der Waals surface area contributed by atoms with E-state index in [-0.39, 0.29) is 12.1 Å². The highest BCUT2D eigenvalue weighted by atomic mass is 19.1. The lowest BCUT2D eigenvalue weighted by molar-refractivity contribution is -0.141. The van der Waals surface area contributed by atoms with Gasteiger partial charge in [0.15, 0.2) is 0 Å². The molecule has 0 fully saturated rings. The quantitative estimate of drug-likeness (QED) is 0.928. The van der Waals surface area contributed by atoms with Gasteiger partial charge >= 0.3 is 11.7 Å². The van der Waals surface area contributed by atoms with Gasteiger partial charge in [-0.1, -0.05) is 6.07 Å². The van der Waals surface area contributed by atoms with Crippen molar-refractivity contribution in [1.29, 1.82) is 0 Å². The molecule has 6 nitrogen and oxygen atoms in total. The molecule has 0 bridgehead atoms. The van der Waals surface area contributed by atoms with Gasteiger partial charge in [0.05, 0.1) is 6.54 Å². The predicted molar refractivity (Wildman–Crippen MR) is 71.6 cm³/mol. The molecule has 22 heavy (non-hydrogen) atoms. The van der Waals surface area contributed by atoms with Crippen LogP contribution in [-0.2, 0) is 17.8 Å². The molecule has 0 saturated carbocycles. The van der Waals surface area contributed by atoms with Crippen molar-refractivity contribution < 1.29 is 18.7 Å². The molecule has 1 N–H and O–H groups in total. The van der Waals surface area contributed by atoms with Gasteiger partial charge in [0.25, 0.3) is 0 Å². The van der Waals surface area contributed by atoms with Gasteiger partial charge in [-0.2, -0.15) is 5.10 Å². The summed E-state index contributed by atoms with van der Waals surface area (Å²) < 4.78 is 28.7. The molecule has 1 unspecified atom stereocenters. The maximum atomic E-state index is 13.7. The number of hydrogen-bond acceptors (Lipinski definition) is 3. The highest BCUT2D eigenvalue weighted by Gasteiger charge is 2.30. The molecular weight excluding hydrogens is 296 g/mol. The molecule has 1 aromatic heterocycles. The van der Waals surface area contributed by atoms with Crippen LogP contribution in [0.2, 0.25) is 0 Å². The van der Waals surface area contributed by atoms with Gasteiger partial charge in [0, 0.05) is 18.1 Å². The van der Waals surface area contributed by atoms with Crippen molar-refractivity contribution >= 4 is 5.97 Å². The molecule has 1 aromatic carbocycles. The van der Waals surface area contributed by atoms with Crippen LogP contribution in [0.15, 0.2) is 23.0 Å². The molecule has 0 aliphatic carbocycles. The number of halogens is 2. The number of hydrogen-bond donors (Lipinski definition) is 1. The second-order valence-corrected chi connectivity index (χ2v) is 5.21. The smallest absolute Gasteiger partial charge is 0.347 e. The molecule has 0 spiro atoms. The minimum atomic E-state index is -1.09. The molecule has 1 aliphatic heterocycles. The van der Waals surface area contributed by atoms with Crippen LogP contribution in [0, 0.1) is 11.6 Å². The van der Waals surface area contributed by atoms with E-state index in [1.54, 1.807) is 0 Å². The minimum absolute atomic E-state index is 0.117. The zero-order valence-corrected chi connectivity index (χ0v) is 11.5. The van der Waals surface area contributed by atoms with Gasteiger partial charge in [0.2, 0.25) is 0 Å². The van der Waals surface area contributed by atoms with E-state index >= 15 is 0 Å². The van der Waals surface area contributed by atoms with Crippen molar-refractivity contribution in [3.8, 4) is 0 Å². The number of carboxylic acids is 1. The zero-order valence-electron chi connectivity index (χ0n) is 11.5. The van der Waals surface area contributed by atoms with Gasteiger partial charge in [-0.05, 0) is 18.9 Å². The average molecular weight is 309 g/mol. The number of nitrogens with zero attached hydrogens (tertiary/aromatic N) is 3. The highest BCUT2D eigenvalue weighted by Crippen LogP contribution is 2.22. The number of aryl methyl sites for hydroxylation is 1. The summed E-state index contributed by atoms with van der Waals surface area (Å²) in [6, 6.07) is 2.13. The van der Waals surface area contributed by atoms with Gasteiger partial charge < -0.3 is 5.11 Å². The normalized spacial score (nSPS) is 17.3. The summed E-state index contributed by atoms with van der Waals surface area (Å²) in [7, 11) is 0. The monoisotopic (exact) mass is 309 g/mol. The van der Waals surface area contributed by atoms with Crippen LogP contribution < -0.4 is 5.69 Å². The second kappa shape index (κ2) is 5.36. The molecule has 8 heteroatoms.